The van der Waals surface area contributed by atoms with Crippen LogP contribution in [-0.4, -0.2) is 20.1 Å². The highest BCUT2D eigenvalue weighted by atomic mass is 16.5. The summed E-state index contributed by atoms with van der Waals surface area (Å²) in [5.41, 5.74) is 11.1. The number of aryl methyl sites for hydroxylation is 2. The Labute approximate surface area is 170 Å². The fourth-order valence-corrected chi connectivity index (χ4v) is 4.28. The minimum Gasteiger partial charge on any atom is -0.496 e. The highest BCUT2D eigenvalue weighted by Crippen LogP contribution is 2.36. The summed E-state index contributed by atoms with van der Waals surface area (Å²) in [6, 6.07) is 23.0. The minimum atomic E-state index is 0.445. The molecule has 4 nitrogen and oxygen atoms in total. The Bertz CT molecular complexity index is 1270. The molecule has 4 aromatic carbocycles. The zero-order chi connectivity index (χ0) is 20.0. The van der Waals surface area contributed by atoms with E-state index in [1.165, 1.54) is 21.9 Å². The molecule has 0 amide bonds. The number of guanidine groups is 1. The quantitative estimate of drug-likeness (QED) is 0.393. The van der Waals surface area contributed by atoms with E-state index < -0.39 is 0 Å². The van der Waals surface area contributed by atoms with Crippen molar-refractivity contribution >= 4 is 38.9 Å². The molecule has 0 saturated heterocycles. The number of ether oxygens (including phenoxy) is 1. The van der Waals surface area contributed by atoms with Crippen LogP contribution in [0.5, 0.6) is 5.75 Å². The van der Waals surface area contributed by atoms with Gasteiger partial charge in [-0.2, -0.15) is 0 Å². The third-order valence-corrected chi connectivity index (χ3v) is 5.85. The van der Waals surface area contributed by atoms with Crippen LogP contribution in [0.1, 0.15) is 11.1 Å². The van der Waals surface area contributed by atoms with Crippen LogP contribution in [0.15, 0.2) is 71.7 Å². The molecule has 0 unspecified atom stereocenters. The van der Waals surface area contributed by atoms with Crippen molar-refractivity contribution in [1.29, 1.82) is 0 Å². The molecule has 0 saturated carbocycles. The van der Waals surface area contributed by atoms with Gasteiger partial charge in [0.15, 0.2) is 0 Å². The number of aliphatic imine (C=N–C) groups is 1. The van der Waals surface area contributed by atoms with Crippen LogP contribution < -0.4 is 15.4 Å². The van der Waals surface area contributed by atoms with Crippen molar-refractivity contribution < 1.29 is 4.74 Å². The minimum absolute atomic E-state index is 0.445. The normalized spacial score (nSPS) is 13.2. The van der Waals surface area contributed by atoms with Crippen LogP contribution in [0, 0.1) is 0 Å². The number of fused-ring (bicyclic) bond motifs is 1. The van der Waals surface area contributed by atoms with E-state index in [1.54, 1.807) is 7.11 Å². The summed E-state index contributed by atoms with van der Waals surface area (Å²) in [6.45, 7) is 0. The first-order valence-corrected chi connectivity index (χ1v) is 9.84. The van der Waals surface area contributed by atoms with Crippen LogP contribution in [0.2, 0.25) is 0 Å². The van der Waals surface area contributed by atoms with E-state index in [1.807, 2.05) is 30.1 Å². The number of methoxy groups -OCH3 is 1. The van der Waals surface area contributed by atoms with Gasteiger partial charge in [-0.05, 0) is 46.9 Å². The van der Waals surface area contributed by atoms with Crippen molar-refractivity contribution in [3.8, 4) is 5.75 Å². The molecule has 0 bridgehead atoms. The molecule has 144 valence electrons. The Morgan fingerprint density at radius 1 is 0.931 bits per heavy atom. The highest BCUT2D eigenvalue weighted by Gasteiger charge is 2.16. The molecule has 0 spiro atoms. The van der Waals surface area contributed by atoms with E-state index in [2.05, 4.69) is 48.5 Å². The predicted molar refractivity (Wildman–Crippen MR) is 122 cm³/mol. The lowest BCUT2D eigenvalue weighted by Crippen LogP contribution is -2.33. The molecular weight excluding hydrogens is 358 g/mol. The molecule has 4 heteroatoms. The molecule has 29 heavy (non-hydrogen) atoms. The van der Waals surface area contributed by atoms with Gasteiger partial charge >= 0.3 is 0 Å². The van der Waals surface area contributed by atoms with Crippen LogP contribution in [0.25, 0.3) is 21.5 Å². The first-order chi connectivity index (χ1) is 14.2. The monoisotopic (exact) mass is 381 g/mol. The van der Waals surface area contributed by atoms with Gasteiger partial charge in [0.2, 0.25) is 5.96 Å². The number of anilines is 1. The average molecular weight is 381 g/mol. The number of nitrogens with zero attached hydrogens (tertiary/aromatic N) is 2. The zero-order valence-electron chi connectivity index (χ0n) is 16.6. The van der Waals surface area contributed by atoms with Crippen molar-refractivity contribution in [2.75, 3.05) is 19.1 Å². The molecule has 5 rings (SSSR count). The summed E-state index contributed by atoms with van der Waals surface area (Å²) in [6.07, 6.45) is 2.21. The maximum Gasteiger partial charge on any atom is 0.200 e. The van der Waals surface area contributed by atoms with Gasteiger partial charge in [-0.25, -0.2) is 4.99 Å². The molecule has 0 atom stereocenters. The number of hydrogen-bond acceptors (Lipinski definition) is 2. The lowest BCUT2D eigenvalue weighted by molar-refractivity contribution is 0.420. The van der Waals surface area contributed by atoms with Gasteiger partial charge in [0.1, 0.15) is 5.75 Å². The second kappa shape index (κ2) is 6.82. The second-order valence-corrected chi connectivity index (χ2v) is 7.48. The fourth-order valence-electron chi connectivity index (χ4n) is 4.28. The van der Waals surface area contributed by atoms with E-state index in [4.69, 9.17) is 15.5 Å². The molecule has 0 radical (unpaired) electrons. The lowest BCUT2D eigenvalue weighted by atomic mass is 10.0. The summed E-state index contributed by atoms with van der Waals surface area (Å²) in [4.78, 5) is 6.69. The first kappa shape index (κ1) is 17.6. The molecule has 1 aliphatic rings. The van der Waals surface area contributed by atoms with Crippen molar-refractivity contribution in [3.05, 3.63) is 77.9 Å². The maximum absolute atomic E-state index is 6.43. The Hall–Kier alpha value is -3.53. The van der Waals surface area contributed by atoms with E-state index in [0.717, 1.165) is 40.7 Å². The summed E-state index contributed by atoms with van der Waals surface area (Å²) in [7, 11) is 3.62. The first-order valence-electron chi connectivity index (χ1n) is 9.84. The van der Waals surface area contributed by atoms with Crippen LogP contribution in [0.4, 0.5) is 11.4 Å². The summed E-state index contributed by atoms with van der Waals surface area (Å²) < 4.78 is 5.60. The summed E-state index contributed by atoms with van der Waals surface area (Å²) in [5.74, 6) is 1.27. The third kappa shape index (κ3) is 2.88. The third-order valence-electron chi connectivity index (χ3n) is 5.85. The van der Waals surface area contributed by atoms with Crippen molar-refractivity contribution in [2.24, 2.45) is 10.7 Å². The van der Waals surface area contributed by atoms with Gasteiger partial charge in [0, 0.05) is 29.6 Å². The number of hydrogen-bond donors (Lipinski definition) is 1. The van der Waals surface area contributed by atoms with Gasteiger partial charge in [0.05, 0.1) is 12.8 Å². The van der Waals surface area contributed by atoms with Crippen LogP contribution >= 0.6 is 0 Å². The highest BCUT2D eigenvalue weighted by molar-refractivity contribution is 6.04. The smallest absolute Gasteiger partial charge is 0.200 e. The number of rotatable bonds is 3. The van der Waals surface area contributed by atoms with E-state index in [-0.39, 0.29) is 0 Å². The van der Waals surface area contributed by atoms with Crippen molar-refractivity contribution in [3.63, 3.8) is 0 Å². The largest absolute Gasteiger partial charge is 0.496 e. The standard InChI is InChI=1S/C25H23N3O/c1-28(19-14-18-6-3-4-8-20(18)23(15-19)29-2)25(26)27-22-13-12-17-11-10-16-7-5-9-21(22)24(16)17/h3-9,12-15H,10-11H2,1-2H3,(H2,26,27). The number of nitrogens with two attached hydrogens (primary N) is 1. The molecule has 4 aromatic rings. The van der Waals surface area contributed by atoms with E-state index in [0.29, 0.717) is 5.96 Å². The topological polar surface area (TPSA) is 50.9 Å². The van der Waals surface area contributed by atoms with Crippen LogP contribution in [0.3, 0.4) is 0 Å². The summed E-state index contributed by atoms with van der Waals surface area (Å²) in [5, 5.41) is 4.70. The molecule has 2 N–H and O–H groups in total. The van der Waals surface area contributed by atoms with Gasteiger partial charge < -0.3 is 15.4 Å². The Morgan fingerprint density at radius 3 is 2.52 bits per heavy atom. The molecule has 1 aliphatic carbocycles. The van der Waals surface area contributed by atoms with E-state index in [9.17, 15) is 0 Å². The van der Waals surface area contributed by atoms with Crippen molar-refractivity contribution in [1.82, 2.24) is 0 Å². The van der Waals surface area contributed by atoms with Gasteiger partial charge in [0.25, 0.3) is 0 Å². The number of benzene rings is 4. The SMILES string of the molecule is COc1cc(N(C)C(N)=Nc2ccc3c4c(cccc24)CC3)cc2ccccc12. The van der Waals surface area contributed by atoms with Crippen LogP contribution in [-0.2, 0) is 12.8 Å². The Balaban J connectivity index is 1.58. The van der Waals surface area contributed by atoms with Crippen molar-refractivity contribution in [2.45, 2.75) is 12.8 Å². The lowest BCUT2D eigenvalue weighted by Gasteiger charge is -2.20. The fraction of sp³-hybridized carbons (Fsp3) is 0.160. The molecule has 0 aliphatic heterocycles. The van der Waals surface area contributed by atoms with Gasteiger partial charge in [-0.3, -0.25) is 0 Å². The summed E-state index contributed by atoms with van der Waals surface area (Å²) >= 11 is 0. The maximum atomic E-state index is 6.43. The zero-order valence-corrected chi connectivity index (χ0v) is 16.6. The van der Waals surface area contributed by atoms with Gasteiger partial charge in [-0.1, -0.05) is 48.5 Å². The molecule has 0 heterocycles. The Morgan fingerprint density at radius 2 is 1.69 bits per heavy atom. The molecule has 0 aromatic heterocycles. The molecule has 0 fully saturated rings. The van der Waals surface area contributed by atoms with Gasteiger partial charge in [-0.15, -0.1) is 0 Å². The van der Waals surface area contributed by atoms with E-state index >= 15 is 0 Å². The second-order valence-electron chi connectivity index (χ2n) is 7.48. The Kier molecular flexibility index (Phi) is 4.13. The predicted octanol–water partition coefficient (Wildman–Crippen LogP) is 5.18. The average Bonchev–Trinajstić information content (AvgIpc) is 3.19. The molecular formula is C25H23N3O.